The minimum Gasteiger partial charge on any atom is -0.481 e. The molecule has 0 heterocycles. The number of hydrogen-bond donors (Lipinski definition) is 2. The van der Waals surface area contributed by atoms with Gasteiger partial charge >= 0.3 is 11.9 Å². The summed E-state index contributed by atoms with van der Waals surface area (Å²) in [5, 5.41) is 27.3. The van der Waals surface area contributed by atoms with Crippen LogP contribution >= 0.6 is 0 Å². The van der Waals surface area contributed by atoms with Gasteiger partial charge in [-0.15, -0.1) is 0 Å². The van der Waals surface area contributed by atoms with E-state index >= 15 is 0 Å². The number of aryl methyl sites for hydroxylation is 2. The van der Waals surface area contributed by atoms with Crippen LogP contribution in [0.3, 0.4) is 0 Å². The highest BCUT2D eigenvalue weighted by atomic mass is 16.4. The number of aliphatic carboxylic acids is 2. The average molecular weight is 261 g/mol. The van der Waals surface area contributed by atoms with E-state index in [2.05, 4.69) is 0 Å². The summed E-state index contributed by atoms with van der Waals surface area (Å²) in [7, 11) is 0. The van der Waals surface area contributed by atoms with Crippen molar-refractivity contribution in [3.05, 3.63) is 34.9 Å². The van der Waals surface area contributed by atoms with Crippen molar-refractivity contribution in [2.75, 3.05) is 0 Å². The molecule has 0 amide bonds. The third-order valence-electron chi connectivity index (χ3n) is 3.02. The van der Waals surface area contributed by atoms with Crippen LogP contribution in [0, 0.1) is 25.2 Å². The van der Waals surface area contributed by atoms with Crippen molar-refractivity contribution >= 4 is 11.9 Å². The zero-order chi connectivity index (χ0) is 14.6. The van der Waals surface area contributed by atoms with Crippen molar-refractivity contribution in [2.45, 2.75) is 32.1 Å². The van der Waals surface area contributed by atoms with Gasteiger partial charge in [0.1, 0.15) is 5.41 Å². The Labute approximate surface area is 111 Å². The van der Waals surface area contributed by atoms with Crippen LogP contribution in [0.15, 0.2) is 18.2 Å². The molecule has 0 atom stereocenters. The molecule has 0 spiro atoms. The summed E-state index contributed by atoms with van der Waals surface area (Å²) in [5.74, 6) is -2.38. The smallest absolute Gasteiger partial charge is 0.305 e. The third kappa shape index (κ3) is 3.32. The molecule has 5 heteroatoms. The molecule has 1 rings (SSSR count). The summed E-state index contributed by atoms with van der Waals surface area (Å²) in [6.07, 6.45) is -1.06. The van der Waals surface area contributed by atoms with E-state index in [1.165, 1.54) is 0 Å². The molecule has 100 valence electrons. The highest BCUT2D eigenvalue weighted by Crippen LogP contribution is 2.34. The van der Waals surface area contributed by atoms with Crippen molar-refractivity contribution in [1.29, 1.82) is 5.26 Å². The fourth-order valence-corrected chi connectivity index (χ4v) is 2.26. The molecular weight excluding hydrogens is 246 g/mol. The highest BCUT2D eigenvalue weighted by Gasteiger charge is 2.38. The first-order chi connectivity index (χ1) is 8.80. The maximum Gasteiger partial charge on any atom is 0.305 e. The largest absolute Gasteiger partial charge is 0.481 e. The first-order valence-electron chi connectivity index (χ1n) is 5.73. The van der Waals surface area contributed by atoms with Crippen LogP contribution in [0.2, 0.25) is 0 Å². The first-order valence-corrected chi connectivity index (χ1v) is 5.73. The van der Waals surface area contributed by atoms with E-state index in [0.717, 1.165) is 11.1 Å². The van der Waals surface area contributed by atoms with Gasteiger partial charge in [0, 0.05) is 0 Å². The lowest BCUT2D eigenvalue weighted by Crippen LogP contribution is -2.31. The number of carbonyl (C=O) groups is 2. The normalized spacial score (nSPS) is 10.8. The fraction of sp³-hybridized carbons (Fsp3) is 0.357. The van der Waals surface area contributed by atoms with Crippen molar-refractivity contribution in [3.63, 3.8) is 0 Å². The molecule has 1 aromatic carbocycles. The maximum absolute atomic E-state index is 11.0. The number of nitrogens with zero attached hydrogens (tertiary/aromatic N) is 1. The Bertz CT molecular complexity index is 541. The summed E-state index contributed by atoms with van der Waals surface area (Å²) in [6.45, 7) is 3.62. The Morgan fingerprint density at radius 3 is 2.11 bits per heavy atom. The molecule has 0 fully saturated rings. The van der Waals surface area contributed by atoms with Gasteiger partial charge in [-0.05, 0) is 25.0 Å². The molecule has 0 aliphatic carbocycles. The van der Waals surface area contributed by atoms with Gasteiger partial charge in [-0.25, -0.2) is 0 Å². The monoisotopic (exact) mass is 261 g/mol. The van der Waals surface area contributed by atoms with Gasteiger partial charge in [0.25, 0.3) is 0 Å². The third-order valence-corrected chi connectivity index (χ3v) is 3.02. The molecule has 0 bridgehead atoms. The van der Waals surface area contributed by atoms with Crippen LogP contribution in [0.4, 0.5) is 0 Å². The van der Waals surface area contributed by atoms with E-state index in [-0.39, 0.29) is 0 Å². The topological polar surface area (TPSA) is 98.4 Å². The zero-order valence-electron chi connectivity index (χ0n) is 10.8. The Morgan fingerprint density at radius 2 is 1.74 bits per heavy atom. The molecule has 0 aromatic heterocycles. The summed E-state index contributed by atoms with van der Waals surface area (Å²) >= 11 is 0. The van der Waals surface area contributed by atoms with E-state index in [0.29, 0.717) is 5.56 Å². The molecule has 2 N–H and O–H groups in total. The Balaban J connectivity index is 3.40. The summed E-state index contributed by atoms with van der Waals surface area (Å²) in [5.41, 5.74) is 0.628. The lowest BCUT2D eigenvalue weighted by molar-refractivity contribution is -0.140. The van der Waals surface area contributed by atoms with Crippen molar-refractivity contribution in [2.24, 2.45) is 0 Å². The molecule has 0 aliphatic heterocycles. The van der Waals surface area contributed by atoms with E-state index < -0.39 is 30.2 Å². The second-order valence-electron chi connectivity index (χ2n) is 4.65. The van der Waals surface area contributed by atoms with E-state index in [1.54, 1.807) is 19.1 Å². The Hall–Kier alpha value is -2.35. The Kier molecular flexibility index (Phi) is 4.28. The second-order valence-corrected chi connectivity index (χ2v) is 4.65. The van der Waals surface area contributed by atoms with Gasteiger partial charge in [0.05, 0.1) is 18.9 Å². The molecule has 0 aliphatic rings. The lowest BCUT2D eigenvalue weighted by Gasteiger charge is -2.25. The van der Waals surface area contributed by atoms with E-state index in [1.807, 2.05) is 19.1 Å². The molecule has 1 aromatic rings. The van der Waals surface area contributed by atoms with Crippen molar-refractivity contribution < 1.29 is 19.8 Å². The molecule has 0 unspecified atom stereocenters. The van der Waals surface area contributed by atoms with Crippen LogP contribution in [0.1, 0.15) is 29.5 Å². The lowest BCUT2D eigenvalue weighted by atomic mass is 9.74. The average Bonchev–Trinajstić information content (AvgIpc) is 2.26. The van der Waals surface area contributed by atoms with Gasteiger partial charge in [-0.3, -0.25) is 9.59 Å². The standard InChI is InChI=1S/C14H15NO4/c1-9-3-4-11(10(2)5-9)14(8-15,6-12(16)17)7-13(18)19/h3-5H,6-7H2,1-2H3,(H,16,17)(H,18,19). The van der Waals surface area contributed by atoms with Gasteiger partial charge < -0.3 is 10.2 Å². The second kappa shape index (κ2) is 5.53. The molecule has 0 radical (unpaired) electrons. The summed E-state index contributed by atoms with van der Waals surface area (Å²) in [6, 6.07) is 7.09. The fourth-order valence-electron chi connectivity index (χ4n) is 2.26. The zero-order valence-corrected chi connectivity index (χ0v) is 10.8. The number of nitriles is 1. The van der Waals surface area contributed by atoms with Gasteiger partial charge in [0.15, 0.2) is 0 Å². The summed E-state index contributed by atoms with van der Waals surface area (Å²) < 4.78 is 0. The molecule has 0 saturated carbocycles. The SMILES string of the molecule is Cc1ccc(C(C#N)(CC(=O)O)CC(=O)O)c(C)c1. The number of benzene rings is 1. The predicted octanol–water partition coefficient (Wildman–Crippen LogP) is 2.01. The first kappa shape index (κ1) is 14.7. The van der Waals surface area contributed by atoms with Crippen LogP contribution in [0.25, 0.3) is 0 Å². The van der Waals surface area contributed by atoms with Crippen molar-refractivity contribution in [3.8, 4) is 6.07 Å². The number of carboxylic acids is 2. The quantitative estimate of drug-likeness (QED) is 0.844. The minimum absolute atomic E-state index is 0.463. The number of rotatable bonds is 5. The predicted molar refractivity (Wildman–Crippen MR) is 67.7 cm³/mol. The van der Waals surface area contributed by atoms with Crippen LogP contribution < -0.4 is 0 Å². The molecule has 0 saturated heterocycles. The number of hydrogen-bond acceptors (Lipinski definition) is 3. The van der Waals surface area contributed by atoms with Crippen LogP contribution in [-0.4, -0.2) is 22.2 Å². The van der Waals surface area contributed by atoms with E-state index in [9.17, 15) is 14.9 Å². The van der Waals surface area contributed by atoms with E-state index in [4.69, 9.17) is 10.2 Å². The van der Waals surface area contributed by atoms with Crippen molar-refractivity contribution in [1.82, 2.24) is 0 Å². The van der Waals surface area contributed by atoms with Gasteiger partial charge in [-0.1, -0.05) is 23.8 Å². The molecule has 5 nitrogen and oxygen atoms in total. The Morgan fingerprint density at radius 1 is 1.21 bits per heavy atom. The van der Waals surface area contributed by atoms with Crippen LogP contribution in [-0.2, 0) is 15.0 Å². The van der Waals surface area contributed by atoms with Gasteiger partial charge in [0.2, 0.25) is 0 Å². The maximum atomic E-state index is 11.0. The van der Waals surface area contributed by atoms with Crippen LogP contribution in [0.5, 0.6) is 0 Å². The highest BCUT2D eigenvalue weighted by molar-refractivity contribution is 5.76. The summed E-state index contributed by atoms with van der Waals surface area (Å²) in [4.78, 5) is 21.9. The van der Waals surface area contributed by atoms with Gasteiger partial charge in [-0.2, -0.15) is 5.26 Å². The molecule has 19 heavy (non-hydrogen) atoms. The number of carboxylic acid groups (broad SMARTS) is 2. The molecular formula is C14H15NO4. The minimum atomic E-state index is -1.53.